The van der Waals surface area contributed by atoms with Crippen molar-refractivity contribution >= 4 is 5.91 Å². The second-order valence-corrected chi connectivity index (χ2v) is 3.61. The van der Waals surface area contributed by atoms with Crippen LogP contribution in [0, 0.1) is 5.92 Å². The zero-order valence-corrected chi connectivity index (χ0v) is 8.95. The molecular weight excluding hydrogens is 196 g/mol. The summed E-state index contributed by atoms with van der Waals surface area (Å²) in [5, 5.41) is 0. The van der Waals surface area contributed by atoms with Crippen LogP contribution in [0.5, 0.6) is 0 Å². The van der Waals surface area contributed by atoms with E-state index in [1.165, 1.54) is 0 Å². The largest absolute Gasteiger partial charge is 0.454 e. The van der Waals surface area contributed by atoms with Gasteiger partial charge < -0.3 is 10.2 Å². The average molecular weight is 212 g/mol. The van der Waals surface area contributed by atoms with E-state index in [0.717, 1.165) is 0 Å². The van der Waals surface area contributed by atoms with Crippen LogP contribution in [0.1, 0.15) is 30.2 Å². The minimum atomic E-state index is -0.393. The molecule has 1 aromatic heterocycles. The zero-order chi connectivity index (χ0) is 11.3. The molecule has 5 nitrogen and oxygen atoms in total. The number of hydrogen-bond donors (Lipinski definition) is 2. The summed E-state index contributed by atoms with van der Waals surface area (Å²) in [7, 11) is 0. The number of amides is 1. The van der Waals surface area contributed by atoms with Gasteiger partial charge in [-0.3, -0.25) is 9.63 Å². The van der Waals surface area contributed by atoms with E-state index in [9.17, 15) is 4.79 Å². The van der Waals surface area contributed by atoms with Gasteiger partial charge in [-0.15, -0.1) is 0 Å². The third-order valence-corrected chi connectivity index (χ3v) is 1.67. The highest BCUT2D eigenvalue weighted by Crippen LogP contribution is 2.06. The highest BCUT2D eigenvalue weighted by molar-refractivity contribution is 5.90. The summed E-state index contributed by atoms with van der Waals surface area (Å²) in [4.78, 5) is 16.3. The topological polar surface area (TPSA) is 77.5 Å². The second-order valence-electron chi connectivity index (χ2n) is 3.61. The molecule has 0 fully saturated rings. The summed E-state index contributed by atoms with van der Waals surface area (Å²) < 4.78 is 5.14. The maximum Gasteiger partial charge on any atom is 0.310 e. The van der Waals surface area contributed by atoms with Crippen molar-refractivity contribution in [2.24, 2.45) is 11.7 Å². The molecule has 3 N–H and O–H groups in total. The summed E-state index contributed by atoms with van der Waals surface area (Å²) in [5.41, 5.74) is 7.64. The number of hydrogen-bond acceptors (Lipinski definition) is 4. The van der Waals surface area contributed by atoms with Crippen molar-refractivity contribution in [3.8, 4) is 0 Å². The molecular formula is C10H16N2O3. The van der Waals surface area contributed by atoms with Crippen molar-refractivity contribution in [1.82, 2.24) is 5.48 Å². The van der Waals surface area contributed by atoms with Gasteiger partial charge in [-0.25, -0.2) is 5.48 Å². The van der Waals surface area contributed by atoms with Gasteiger partial charge in [0.2, 0.25) is 0 Å². The van der Waals surface area contributed by atoms with Crippen LogP contribution in [0.2, 0.25) is 0 Å². The zero-order valence-electron chi connectivity index (χ0n) is 8.95. The molecule has 5 heteroatoms. The highest BCUT2D eigenvalue weighted by atomic mass is 16.7. The Morgan fingerprint density at radius 3 is 2.87 bits per heavy atom. The number of nitrogens with one attached hydrogen (secondary N) is 1. The lowest BCUT2D eigenvalue weighted by molar-refractivity contribution is 0.0187. The maximum absolute atomic E-state index is 11.4. The third-order valence-electron chi connectivity index (χ3n) is 1.67. The Morgan fingerprint density at radius 1 is 1.60 bits per heavy atom. The van der Waals surface area contributed by atoms with Crippen molar-refractivity contribution in [3.63, 3.8) is 0 Å². The number of nitrogens with two attached hydrogens (primary N) is 1. The predicted octanol–water partition coefficient (Wildman–Crippen LogP) is 1.06. The van der Waals surface area contributed by atoms with Crippen LogP contribution in [-0.2, 0) is 11.4 Å². The molecule has 0 saturated carbocycles. The Hall–Kier alpha value is -1.33. The molecule has 1 amide bonds. The van der Waals surface area contributed by atoms with Gasteiger partial charge in [0.1, 0.15) is 5.76 Å². The molecule has 1 aromatic rings. The van der Waals surface area contributed by atoms with Crippen molar-refractivity contribution < 1.29 is 14.0 Å². The van der Waals surface area contributed by atoms with Gasteiger partial charge in [0.05, 0.1) is 13.2 Å². The lowest BCUT2D eigenvalue weighted by Crippen LogP contribution is -2.25. The van der Waals surface area contributed by atoms with Crippen LogP contribution in [0.25, 0.3) is 0 Å². The fraction of sp³-hybridized carbons (Fsp3) is 0.500. The van der Waals surface area contributed by atoms with Gasteiger partial charge in [0.15, 0.2) is 5.76 Å². The monoisotopic (exact) mass is 212 g/mol. The van der Waals surface area contributed by atoms with E-state index in [1.54, 1.807) is 12.1 Å². The SMILES string of the molecule is CC(C)CONC(=O)c1ccc(CN)o1. The van der Waals surface area contributed by atoms with Gasteiger partial charge in [0.25, 0.3) is 0 Å². The standard InChI is InChI=1S/C10H16N2O3/c1-7(2)6-14-12-10(13)9-4-3-8(5-11)15-9/h3-4,7H,5-6,11H2,1-2H3,(H,12,13). The Kier molecular flexibility index (Phi) is 4.33. The molecule has 0 unspecified atom stereocenters. The fourth-order valence-electron chi connectivity index (χ4n) is 0.934. The summed E-state index contributed by atoms with van der Waals surface area (Å²) in [6, 6.07) is 3.23. The van der Waals surface area contributed by atoms with Crippen LogP contribution in [-0.4, -0.2) is 12.5 Å². The second kappa shape index (κ2) is 5.53. The fourth-order valence-corrected chi connectivity index (χ4v) is 0.934. The van der Waals surface area contributed by atoms with Crippen LogP contribution >= 0.6 is 0 Å². The maximum atomic E-state index is 11.4. The number of furan rings is 1. The van der Waals surface area contributed by atoms with E-state index in [2.05, 4.69) is 5.48 Å². The van der Waals surface area contributed by atoms with Gasteiger partial charge in [-0.2, -0.15) is 0 Å². The van der Waals surface area contributed by atoms with E-state index in [0.29, 0.717) is 18.3 Å². The lowest BCUT2D eigenvalue weighted by atomic mass is 10.2. The van der Waals surface area contributed by atoms with Crippen molar-refractivity contribution in [2.75, 3.05) is 6.61 Å². The molecule has 0 spiro atoms. The molecule has 1 rings (SSSR count). The molecule has 1 heterocycles. The molecule has 0 bridgehead atoms. The van der Waals surface area contributed by atoms with Gasteiger partial charge >= 0.3 is 5.91 Å². The van der Waals surface area contributed by atoms with Crippen LogP contribution < -0.4 is 11.2 Å². The van der Waals surface area contributed by atoms with Crippen LogP contribution in [0.4, 0.5) is 0 Å². The van der Waals surface area contributed by atoms with Crippen LogP contribution in [0.3, 0.4) is 0 Å². The molecule has 0 aliphatic heterocycles. The van der Waals surface area contributed by atoms with Crippen molar-refractivity contribution in [1.29, 1.82) is 0 Å². The van der Waals surface area contributed by atoms with Crippen molar-refractivity contribution in [3.05, 3.63) is 23.7 Å². The Bertz CT molecular complexity index is 320. The molecule has 15 heavy (non-hydrogen) atoms. The quantitative estimate of drug-likeness (QED) is 0.715. The number of carbonyl (C=O) groups excluding carboxylic acids is 1. The minimum Gasteiger partial charge on any atom is -0.454 e. The van der Waals surface area contributed by atoms with Gasteiger partial charge in [-0.1, -0.05) is 13.8 Å². The molecule has 0 aliphatic carbocycles. The molecule has 0 radical (unpaired) electrons. The molecule has 0 aliphatic rings. The first kappa shape index (κ1) is 11.7. The minimum absolute atomic E-state index is 0.208. The molecule has 0 aromatic carbocycles. The van der Waals surface area contributed by atoms with Gasteiger partial charge in [0, 0.05) is 0 Å². The Morgan fingerprint density at radius 2 is 2.33 bits per heavy atom. The van der Waals surface area contributed by atoms with E-state index >= 15 is 0 Å². The summed E-state index contributed by atoms with van der Waals surface area (Å²) >= 11 is 0. The van der Waals surface area contributed by atoms with Crippen LogP contribution in [0.15, 0.2) is 16.5 Å². The number of carbonyl (C=O) groups is 1. The highest BCUT2D eigenvalue weighted by Gasteiger charge is 2.10. The number of hydroxylamine groups is 1. The molecule has 0 atom stereocenters. The Balaban J connectivity index is 2.40. The molecule has 0 saturated heterocycles. The summed E-state index contributed by atoms with van der Waals surface area (Å²) in [6.45, 7) is 4.73. The average Bonchev–Trinajstić information content (AvgIpc) is 2.65. The first-order valence-electron chi connectivity index (χ1n) is 4.84. The third kappa shape index (κ3) is 3.73. The first-order chi connectivity index (χ1) is 7.13. The first-order valence-corrected chi connectivity index (χ1v) is 4.84. The normalized spacial score (nSPS) is 10.7. The van der Waals surface area contributed by atoms with E-state index < -0.39 is 5.91 Å². The Labute approximate surface area is 88.5 Å². The number of rotatable bonds is 5. The van der Waals surface area contributed by atoms with E-state index in [-0.39, 0.29) is 12.3 Å². The summed E-state index contributed by atoms with van der Waals surface area (Å²) in [5.74, 6) is 0.750. The lowest BCUT2D eigenvalue weighted by Gasteiger charge is -2.05. The van der Waals surface area contributed by atoms with Gasteiger partial charge in [-0.05, 0) is 18.1 Å². The molecule has 84 valence electrons. The van der Waals surface area contributed by atoms with E-state index in [4.69, 9.17) is 15.0 Å². The van der Waals surface area contributed by atoms with E-state index in [1.807, 2.05) is 13.8 Å². The van der Waals surface area contributed by atoms with Crippen molar-refractivity contribution in [2.45, 2.75) is 20.4 Å². The predicted molar refractivity (Wildman–Crippen MR) is 54.9 cm³/mol. The summed E-state index contributed by atoms with van der Waals surface area (Å²) in [6.07, 6.45) is 0. The smallest absolute Gasteiger partial charge is 0.310 e.